The Hall–Kier alpha value is -3.02. The minimum Gasteiger partial charge on any atom is -0.481 e. The fourth-order valence-corrected chi connectivity index (χ4v) is 2.69. The van der Waals surface area contributed by atoms with Crippen molar-refractivity contribution in [2.45, 2.75) is 69.2 Å². The Balaban J connectivity index is -0.00000129. The van der Waals surface area contributed by atoms with E-state index in [1.54, 1.807) is 19.3 Å². The average molecular weight is 447 g/mol. The molecular weight excluding hydrogens is 400 g/mol. The van der Waals surface area contributed by atoms with Gasteiger partial charge in [0.2, 0.25) is 5.88 Å². The monoisotopic (exact) mass is 446 g/mol. The highest BCUT2D eigenvalue weighted by Crippen LogP contribution is 2.23. The summed E-state index contributed by atoms with van der Waals surface area (Å²) in [5.41, 5.74) is 12.5. The van der Waals surface area contributed by atoms with Crippen LogP contribution in [0.2, 0.25) is 0 Å². The Morgan fingerprint density at radius 1 is 1.09 bits per heavy atom. The van der Waals surface area contributed by atoms with Crippen LogP contribution >= 0.6 is 0 Å². The standard InChI is InChI=1S/C20H30N4O2.2C2H6.C2H4/c1-11(2)18(22-7)14(5)12(3)9-16(21)20(25)24-19-13(4)10-17(26-8)23-15(19)6;3*1-2/h9-10,22H,21H2,1-8H3,(H,24,25);2*1-2H3;1-2H2/b14-12+,16-9-;;;. The molecule has 182 valence electrons. The number of methoxy groups -OCH3 is 1. The lowest BCUT2D eigenvalue weighted by atomic mass is 10.0. The fourth-order valence-electron chi connectivity index (χ4n) is 2.69. The molecule has 0 radical (unpaired) electrons. The lowest BCUT2D eigenvalue weighted by molar-refractivity contribution is -0.112. The van der Waals surface area contributed by atoms with Crippen molar-refractivity contribution < 1.29 is 9.53 Å². The summed E-state index contributed by atoms with van der Waals surface area (Å²) >= 11 is 0. The van der Waals surface area contributed by atoms with Crippen LogP contribution < -0.4 is 21.1 Å². The summed E-state index contributed by atoms with van der Waals surface area (Å²) in [5, 5.41) is 6.02. The van der Waals surface area contributed by atoms with Gasteiger partial charge in [-0.2, -0.15) is 0 Å². The zero-order chi connectivity index (χ0) is 26.0. The average Bonchev–Trinajstić information content (AvgIpc) is 2.79. The van der Waals surface area contributed by atoms with Crippen LogP contribution in [0.5, 0.6) is 5.88 Å². The molecule has 1 aromatic heterocycles. The molecule has 0 aliphatic carbocycles. The molecule has 0 spiro atoms. The van der Waals surface area contributed by atoms with Crippen LogP contribution in [0.25, 0.3) is 0 Å². The van der Waals surface area contributed by atoms with Gasteiger partial charge in [-0.05, 0) is 64.3 Å². The number of hydrogen-bond acceptors (Lipinski definition) is 5. The smallest absolute Gasteiger partial charge is 0.271 e. The first-order valence-electron chi connectivity index (χ1n) is 11.0. The van der Waals surface area contributed by atoms with Crippen molar-refractivity contribution in [3.63, 3.8) is 0 Å². The molecule has 0 bridgehead atoms. The number of nitrogens with two attached hydrogens (primary N) is 1. The second-order valence-electron chi connectivity index (χ2n) is 6.43. The van der Waals surface area contributed by atoms with Gasteiger partial charge in [0.1, 0.15) is 0 Å². The number of anilines is 1. The number of likely N-dealkylation sites (N-methyl/N-ethyl adjacent to an activating group) is 1. The van der Waals surface area contributed by atoms with E-state index >= 15 is 0 Å². The van der Waals surface area contributed by atoms with Gasteiger partial charge in [-0.3, -0.25) is 4.79 Å². The number of pyridine rings is 1. The van der Waals surface area contributed by atoms with E-state index in [-0.39, 0.29) is 11.6 Å². The zero-order valence-corrected chi connectivity index (χ0v) is 22.4. The van der Waals surface area contributed by atoms with Gasteiger partial charge in [-0.15, -0.1) is 13.2 Å². The fraction of sp³-hybridized carbons (Fsp3) is 0.462. The number of rotatable bonds is 6. The summed E-state index contributed by atoms with van der Waals surface area (Å²) in [7, 11) is 3.44. The van der Waals surface area contributed by atoms with Gasteiger partial charge in [0.05, 0.1) is 24.2 Å². The third-order valence-corrected chi connectivity index (χ3v) is 4.17. The zero-order valence-electron chi connectivity index (χ0n) is 22.4. The second kappa shape index (κ2) is 18.7. The molecule has 4 N–H and O–H groups in total. The Kier molecular flexibility index (Phi) is 19.7. The molecule has 0 saturated carbocycles. The topological polar surface area (TPSA) is 89.3 Å². The van der Waals surface area contributed by atoms with E-state index < -0.39 is 0 Å². The number of nitrogens with zero attached hydrogens (tertiary/aromatic N) is 1. The second-order valence-corrected chi connectivity index (χ2v) is 6.43. The van der Waals surface area contributed by atoms with E-state index in [1.807, 2.05) is 76.3 Å². The van der Waals surface area contributed by atoms with Gasteiger partial charge < -0.3 is 21.1 Å². The number of ether oxygens (including phenoxy) is 1. The van der Waals surface area contributed by atoms with E-state index in [2.05, 4.69) is 28.8 Å². The molecule has 0 aromatic carbocycles. The van der Waals surface area contributed by atoms with E-state index in [9.17, 15) is 4.79 Å². The molecule has 1 rings (SSSR count). The molecule has 6 nitrogen and oxygen atoms in total. The number of aryl methyl sites for hydroxylation is 2. The number of hydrogen-bond donors (Lipinski definition) is 3. The minimum absolute atomic E-state index is 0.140. The van der Waals surface area contributed by atoms with Gasteiger partial charge >= 0.3 is 0 Å². The lowest BCUT2D eigenvalue weighted by Crippen LogP contribution is -2.21. The Bertz CT molecular complexity index is 779. The number of amides is 1. The predicted molar refractivity (Wildman–Crippen MR) is 141 cm³/mol. The number of allylic oxidation sites excluding steroid dienone is 4. The van der Waals surface area contributed by atoms with Crippen LogP contribution in [0.4, 0.5) is 5.69 Å². The summed E-state index contributed by atoms with van der Waals surface area (Å²) in [6.07, 6.45) is 1.69. The molecule has 0 atom stereocenters. The van der Waals surface area contributed by atoms with Gasteiger partial charge in [-0.1, -0.05) is 33.3 Å². The molecule has 0 saturated heterocycles. The molecule has 0 aliphatic rings. The molecule has 0 fully saturated rings. The first-order valence-corrected chi connectivity index (χ1v) is 11.0. The van der Waals surface area contributed by atoms with Crippen molar-refractivity contribution in [2.24, 2.45) is 5.73 Å². The van der Waals surface area contributed by atoms with E-state index in [4.69, 9.17) is 10.5 Å². The van der Waals surface area contributed by atoms with Crippen LogP contribution in [-0.2, 0) is 4.79 Å². The highest BCUT2D eigenvalue weighted by atomic mass is 16.5. The predicted octanol–water partition coefficient (Wildman–Crippen LogP) is 6.19. The highest BCUT2D eigenvalue weighted by molar-refractivity contribution is 6.04. The third-order valence-electron chi connectivity index (χ3n) is 4.17. The maximum Gasteiger partial charge on any atom is 0.271 e. The molecule has 1 amide bonds. The number of aromatic nitrogens is 1. The summed E-state index contributed by atoms with van der Waals surface area (Å²) in [4.78, 5) is 16.8. The Labute approximate surface area is 196 Å². The largest absolute Gasteiger partial charge is 0.481 e. The highest BCUT2D eigenvalue weighted by Gasteiger charge is 2.13. The molecule has 6 heteroatoms. The van der Waals surface area contributed by atoms with E-state index in [0.29, 0.717) is 17.3 Å². The quantitative estimate of drug-likeness (QED) is 0.275. The minimum atomic E-state index is -0.362. The molecule has 0 aliphatic heterocycles. The van der Waals surface area contributed by atoms with Gasteiger partial charge in [0, 0.05) is 18.8 Å². The SMILES string of the molecule is C=C.CC.CC.CNC(=C(C)C)/C(C)=C(C)/C=C(\N)C(=O)Nc1c(C)cc(OC)nc1C. The van der Waals surface area contributed by atoms with Crippen LogP contribution in [0, 0.1) is 13.8 Å². The van der Waals surface area contributed by atoms with Crippen molar-refractivity contribution in [1.29, 1.82) is 0 Å². The lowest BCUT2D eigenvalue weighted by Gasteiger charge is -2.14. The van der Waals surface area contributed by atoms with Gasteiger partial charge in [0.15, 0.2) is 0 Å². The van der Waals surface area contributed by atoms with Crippen molar-refractivity contribution in [1.82, 2.24) is 10.3 Å². The van der Waals surface area contributed by atoms with Crippen molar-refractivity contribution in [2.75, 3.05) is 19.5 Å². The summed E-state index contributed by atoms with van der Waals surface area (Å²) < 4.78 is 5.14. The van der Waals surface area contributed by atoms with Crippen molar-refractivity contribution in [3.8, 4) is 5.88 Å². The maximum atomic E-state index is 12.5. The normalized spacial score (nSPS) is 10.4. The van der Waals surface area contributed by atoms with Crippen molar-refractivity contribution >= 4 is 11.6 Å². The molecule has 1 heterocycles. The summed E-state index contributed by atoms with van der Waals surface area (Å²) in [5.74, 6) is 0.149. The first-order chi connectivity index (χ1) is 15.1. The van der Waals surface area contributed by atoms with Crippen molar-refractivity contribution in [3.05, 3.63) is 64.7 Å². The third kappa shape index (κ3) is 10.8. The Morgan fingerprint density at radius 2 is 1.59 bits per heavy atom. The number of nitrogens with one attached hydrogen (secondary N) is 2. The van der Waals surface area contributed by atoms with E-state index in [0.717, 1.165) is 28.0 Å². The summed E-state index contributed by atoms with van der Waals surface area (Å²) in [6.45, 7) is 25.7. The molecule has 1 aromatic rings. The maximum absolute atomic E-state index is 12.5. The molecular formula is C26H46N4O2. The number of carbonyl (C=O) groups excluding carboxylic acids is 1. The van der Waals surface area contributed by atoms with Crippen LogP contribution in [-0.4, -0.2) is 25.0 Å². The van der Waals surface area contributed by atoms with Gasteiger partial charge in [-0.25, -0.2) is 4.98 Å². The molecule has 32 heavy (non-hydrogen) atoms. The van der Waals surface area contributed by atoms with Crippen LogP contribution in [0.1, 0.15) is 66.6 Å². The Morgan fingerprint density at radius 3 is 1.97 bits per heavy atom. The number of carbonyl (C=O) groups is 1. The first kappa shape index (κ1) is 33.6. The summed E-state index contributed by atoms with van der Waals surface area (Å²) in [6, 6.07) is 1.77. The van der Waals surface area contributed by atoms with E-state index in [1.165, 1.54) is 0 Å². The molecule has 0 unspecified atom stereocenters. The van der Waals surface area contributed by atoms with Crippen LogP contribution in [0.15, 0.2) is 53.4 Å². The van der Waals surface area contributed by atoms with Crippen LogP contribution in [0.3, 0.4) is 0 Å². The van der Waals surface area contributed by atoms with Gasteiger partial charge in [0.25, 0.3) is 5.91 Å².